The van der Waals surface area contributed by atoms with E-state index < -0.39 is 78.7 Å². The van der Waals surface area contributed by atoms with Crippen molar-refractivity contribution in [1.82, 2.24) is 23.8 Å². The fraction of sp³-hybridized carbons (Fsp3) is 0.742. The van der Waals surface area contributed by atoms with Gasteiger partial charge in [-0.25, -0.2) is 19.2 Å². The van der Waals surface area contributed by atoms with Crippen LogP contribution in [0, 0.1) is 0 Å². The molecule has 19 nitrogen and oxygen atoms in total. The Morgan fingerprint density at radius 3 is 2.40 bits per heavy atom. The predicted molar refractivity (Wildman–Crippen MR) is 188 cm³/mol. The van der Waals surface area contributed by atoms with Gasteiger partial charge in [-0.2, -0.15) is 17.8 Å². The van der Waals surface area contributed by atoms with Crippen LogP contribution < -0.4 is 9.62 Å². The van der Waals surface area contributed by atoms with Gasteiger partial charge in [-0.1, -0.05) is 24.4 Å². The molecule has 3 aliphatic heterocycles. The van der Waals surface area contributed by atoms with Gasteiger partial charge in [0.2, 0.25) is 0 Å². The summed E-state index contributed by atoms with van der Waals surface area (Å²) in [7, 11) is -7.77. The molecule has 6 rings (SSSR count). The minimum Gasteiger partial charge on any atom is -0.465 e. The fourth-order valence-corrected chi connectivity index (χ4v) is 10.7. The number of carbonyl (C=O) groups is 2. The van der Waals surface area contributed by atoms with E-state index in [0.717, 1.165) is 17.1 Å². The van der Waals surface area contributed by atoms with Crippen molar-refractivity contribution in [2.24, 2.45) is 0 Å². The Labute approximate surface area is 312 Å². The molecule has 1 aliphatic carbocycles. The van der Waals surface area contributed by atoms with E-state index >= 15 is 0 Å². The molecule has 2 aromatic rings. The number of nitrogens with one attached hydrogen (secondary N) is 1. The smallest absolute Gasteiger partial charge is 0.412 e. The van der Waals surface area contributed by atoms with Crippen LogP contribution >= 0.6 is 19.2 Å². The Kier molecular flexibility index (Phi) is 11.8. The number of rotatable bonds is 16. The summed E-state index contributed by atoms with van der Waals surface area (Å²) in [5.41, 5.74) is 0.548. The quantitative estimate of drug-likeness (QED) is 0.183. The number of anilines is 1. The van der Waals surface area contributed by atoms with E-state index in [1.54, 1.807) is 13.8 Å². The summed E-state index contributed by atoms with van der Waals surface area (Å²) in [6, 6.07) is 1.25. The van der Waals surface area contributed by atoms with Crippen LogP contribution in [-0.4, -0.2) is 127 Å². The first kappa shape index (κ1) is 40.2. The van der Waals surface area contributed by atoms with Crippen LogP contribution in [0.2, 0.25) is 5.15 Å². The monoisotopic (exact) mass is 808 g/mol. The number of fused-ring (bicyclic) bond motifs is 2. The summed E-state index contributed by atoms with van der Waals surface area (Å²) in [6.45, 7) is 5.24. The molecule has 2 N–H and O–H groups in total. The van der Waals surface area contributed by atoms with Crippen molar-refractivity contribution in [3.05, 3.63) is 17.4 Å². The first-order valence-electron chi connectivity index (χ1n) is 17.5. The normalized spacial score (nSPS) is 26.0. The lowest BCUT2D eigenvalue weighted by Crippen LogP contribution is -2.58. The molecule has 0 radical (unpaired) electrons. The molecular weight excluding hydrogens is 763 g/mol. The fourth-order valence-electron chi connectivity index (χ4n) is 7.21. The largest absolute Gasteiger partial charge is 0.465 e. The zero-order valence-corrected chi connectivity index (χ0v) is 32.6. The van der Waals surface area contributed by atoms with Crippen LogP contribution in [0.3, 0.4) is 0 Å². The lowest BCUT2D eigenvalue weighted by Gasteiger charge is -2.38. The van der Waals surface area contributed by atoms with Crippen LogP contribution in [0.5, 0.6) is 0 Å². The number of hydrogen-bond donors (Lipinski definition) is 2. The number of aromatic nitrogens is 3. The zero-order valence-electron chi connectivity index (χ0n) is 30.1. The SMILES string of the molecule is CCOP(=O)(OCC)[C@](COC)(OC[C@H]1O[C@@H](n2ncc3c(N(C(=O)O)C4CCCC4)cc(Cl)nc32)[C@@H]2OC(C)(C)O[C@@H]21)C(=O)NS(=O)(=O)N1CCC1. The Bertz CT molecular complexity index is 1830. The van der Waals surface area contributed by atoms with E-state index in [0.29, 0.717) is 30.3 Å². The van der Waals surface area contributed by atoms with Crippen molar-refractivity contribution >= 4 is 58.1 Å². The summed E-state index contributed by atoms with van der Waals surface area (Å²) < 4.78 is 86.8. The van der Waals surface area contributed by atoms with E-state index in [-0.39, 0.29) is 43.1 Å². The third-order valence-electron chi connectivity index (χ3n) is 9.63. The standard InChI is InChI=1S/C31H46ClN6O13PS/c1-6-47-52(42,48-7-2)31(18-45-5,28(39)35-53(43,44)36-13-10-14-36)46-17-22-24-25(51-30(3,4)50-24)27(49-22)38-26-20(16-33-38)21(15-23(32)34-26)37(29(40)41)19-11-8-9-12-19/h15-16,19,22,24-25,27H,6-14,17-18H2,1-5H3,(H,35,39)(H,40,41)/t22-,24-,25-,27-,31+/m1/s1. The Balaban J connectivity index is 1.36. The second kappa shape index (κ2) is 15.6. The minimum absolute atomic E-state index is 0.0305. The van der Waals surface area contributed by atoms with Gasteiger partial charge in [0.15, 0.2) is 17.7 Å². The summed E-state index contributed by atoms with van der Waals surface area (Å²) in [5, 5.41) is 12.6. The molecule has 0 spiro atoms. The summed E-state index contributed by atoms with van der Waals surface area (Å²) in [5.74, 6) is -2.45. The lowest BCUT2D eigenvalue weighted by atomic mass is 10.1. The summed E-state index contributed by atoms with van der Waals surface area (Å²) in [6.07, 6.45) is 0.355. The van der Waals surface area contributed by atoms with Crippen molar-refractivity contribution in [2.75, 3.05) is 51.5 Å². The van der Waals surface area contributed by atoms with Crippen molar-refractivity contribution in [3.63, 3.8) is 0 Å². The number of amides is 2. The molecule has 5 atom stereocenters. The van der Waals surface area contributed by atoms with Gasteiger partial charge in [-0.05, 0) is 47.0 Å². The molecule has 53 heavy (non-hydrogen) atoms. The van der Waals surface area contributed by atoms with Crippen molar-refractivity contribution in [2.45, 2.75) is 102 Å². The van der Waals surface area contributed by atoms with Crippen LogP contribution in [0.25, 0.3) is 11.0 Å². The number of carbonyl (C=O) groups excluding carboxylic acids is 1. The Morgan fingerprint density at radius 1 is 1.15 bits per heavy atom. The first-order valence-corrected chi connectivity index (χ1v) is 20.9. The van der Waals surface area contributed by atoms with Gasteiger partial charge in [-0.3, -0.25) is 14.3 Å². The maximum absolute atomic E-state index is 14.5. The number of pyridine rings is 1. The van der Waals surface area contributed by atoms with Gasteiger partial charge in [0, 0.05) is 32.3 Å². The van der Waals surface area contributed by atoms with E-state index in [9.17, 15) is 27.7 Å². The molecule has 2 aromatic heterocycles. The zero-order chi connectivity index (χ0) is 38.3. The maximum atomic E-state index is 14.5. The van der Waals surface area contributed by atoms with Gasteiger partial charge in [-0.15, -0.1) is 0 Å². The maximum Gasteiger partial charge on any atom is 0.412 e. The van der Waals surface area contributed by atoms with E-state index in [1.165, 1.54) is 42.8 Å². The van der Waals surface area contributed by atoms with Crippen LogP contribution in [-0.2, 0) is 52.3 Å². The van der Waals surface area contributed by atoms with Crippen LogP contribution in [0.4, 0.5) is 10.5 Å². The molecule has 296 valence electrons. The van der Waals surface area contributed by atoms with Gasteiger partial charge in [0.05, 0.1) is 43.7 Å². The predicted octanol–water partition coefficient (Wildman–Crippen LogP) is 3.62. The highest BCUT2D eigenvalue weighted by Crippen LogP contribution is 2.61. The van der Waals surface area contributed by atoms with Crippen molar-refractivity contribution in [3.8, 4) is 0 Å². The average Bonchev–Trinajstić information content (AvgIpc) is 3.83. The van der Waals surface area contributed by atoms with Gasteiger partial charge >= 0.3 is 23.9 Å². The second-order valence-electron chi connectivity index (χ2n) is 13.6. The number of nitrogens with zero attached hydrogens (tertiary/aromatic N) is 5. The molecule has 2 amide bonds. The molecule has 0 unspecified atom stereocenters. The van der Waals surface area contributed by atoms with E-state index in [1.807, 2.05) is 4.72 Å². The van der Waals surface area contributed by atoms with Crippen LogP contribution in [0.1, 0.15) is 66.0 Å². The highest BCUT2D eigenvalue weighted by atomic mass is 35.5. The van der Waals surface area contributed by atoms with E-state index in [4.69, 9.17) is 44.3 Å². The molecule has 4 aliphatic rings. The third kappa shape index (κ3) is 7.57. The number of hydrogen-bond acceptors (Lipinski definition) is 14. The highest BCUT2D eigenvalue weighted by Gasteiger charge is 2.62. The highest BCUT2D eigenvalue weighted by molar-refractivity contribution is 7.87. The average molecular weight is 809 g/mol. The lowest BCUT2D eigenvalue weighted by molar-refractivity contribution is -0.207. The number of ether oxygens (including phenoxy) is 5. The molecule has 3 saturated heterocycles. The van der Waals surface area contributed by atoms with Crippen molar-refractivity contribution in [1.29, 1.82) is 0 Å². The molecule has 4 fully saturated rings. The topological polar surface area (TPSA) is 219 Å². The van der Waals surface area contributed by atoms with Crippen LogP contribution in [0.15, 0.2) is 12.3 Å². The molecule has 0 bridgehead atoms. The third-order valence-corrected chi connectivity index (χ3v) is 13.9. The number of halogens is 1. The number of methoxy groups -OCH3 is 1. The second-order valence-corrected chi connectivity index (χ2v) is 17.9. The molecule has 1 saturated carbocycles. The molecular formula is C31H46ClN6O13PS. The molecule has 0 aromatic carbocycles. The molecule has 5 heterocycles. The van der Waals surface area contributed by atoms with Gasteiger partial charge in [0.1, 0.15) is 23.5 Å². The Hall–Kier alpha value is -2.49. The van der Waals surface area contributed by atoms with E-state index in [2.05, 4.69) is 10.1 Å². The van der Waals surface area contributed by atoms with Crippen molar-refractivity contribution < 1.29 is 60.4 Å². The van der Waals surface area contributed by atoms with Gasteiger partial charge in [0.25, 0.3) is 11.2 Å². The number of carboxylic acid groups (broad SMARTS) is 1. The minimum atomic E-state index is -4.65. The Morgan fingerprint density at radius 2 is 1.81 bits per heavy atom. The first-order chi connectivity index (χ1) is 25.1. The molecule has 22 heteroatoms. The van der Waals surface area contributed by atoms with Gasteiger partial charge < -0.3 is 37.8 Å². The summed E-state index contributed by atoms with van der Waals surface area (Å²) >= 11 is 6.50. The summed E-state index contributed by atoms with van der Waals surface area (Å²) in [4.78, 5) is 32.4.